The van der Waals surface area contributed by atoms with Gasteiger partial charge in [0.05, 0.1) is 19.0 Å². The Hall–Kier alpha value is -2.17. The highest BCUT2D eigenvalue weighted by atomic mass is 35.5. The van der Waals surface area contributed by atoms with E-state index in [2.05, 4.69) is 17.0 Å². The van der Waals surface area contributed by atoms with E-state index < -0.39 is 0 Å². The number of carbonyl (C=O) groups excluding carboxylic acids is 2. The fourth-order valence-corrected chi connectivity index (χ4v) is 3.80. The number of benzene rings is 2. The molecule has 128 valence electrons. The lowest BCUT2D eigenvalue weighted by Gasteiger charge is -2.32. The number of fused-ring (bicyclic) bond motifs is 1. The van der Waals surface area contributed by atoms with Crippen molar-refractivity contribution in [3.8, 4) is 0 Å². The summed E-state index contributed by atoms with van der Waals surface area (Å²) in [6.45, 7) is 1.86. The minimum absolute atomic E-state index is 0.0840. The van der Waals surface area contributed by atoms with Crippen LogP contribution >= 0.6 is 11.6 Å². The van der Waals surface area contributed by atoms with Gasteiger partial charge in [-0.05, 0) is 35.2 Å². The Bertz CT molecular complexity index is 819. The summed E-state index contributed by atoms with van der Waals surface area (Å²) in [7, 11) is 0. The van der Waals surface area contributed by atoms with Crippen LogP contribution in [0.3, 0.4) is 0 Å². The third kappa shape index (κ3) is 3.20. The maximum atomic E-state index is 12.8. The summed E-state index contributed by atoms with van der Waals surface area (Å²) in [6.07, 6.45) is 1.19. The Labute approximate surface area is 152 Å². The second kappa shape index (κ2) is 6.62. The van der Waals surface area contributed by atoms with Gasteiger partial charge in [0.2, 0.25) is 11.8 Å². The molecular formula is C20H19ClN2O2. The fraction of sp³-hybridized carbons (Fsp3) is 0.300. The number of nitrogens with zero attached hydrogens (tertiary/aromatic N) is 2. The van der Waals surface area contributed by atoms with Gasteiger partial charge in [-0.25, -0.2) is 0 Å². The molecule has 1 atom stereocenters. The highest BCUT2D eigenvalue weighted by Crippen LogP contribution is 2.27. The second-order valence-electron chi connectivity index (χ2n) is 6.65. The first-order valence-corrected chi connectivity index (χ1v) is 8.89. The molecule has 4 nitrogen and oxygen atoms in total. The Balaban J connectivity index is 1.49. The molecule has 2 amide bonds. The van der Waals surface area contributed by atoms with Crippen LogP contribution in [-0.2, 0) is 29.1 Å². The van der Waals surface area contributed by atoms with Gasteiger partial charge in [-0.15, -0.1) is 0 Å². The molecule has 0 radical (unpaired) electrons. The number of halogens is 1. The number of carbonyl (C=O) groups is 2. The average Bonchev–Trinajstić information content (AvgIpc) is 2.91. The summed E-state index contributed by atoms with van der Waals surface area (Å²) in [6, 6.07) is 15.2. The zero-order chi connectivity index (χ0) is 17.4. The van der Waals surface area contributed by atoms with Gasteiger partial charge in [-0.3, -0.25) is 19.4 Å². The zero-order valence-electron chi connectivity index (χ0n) is 13.8. The first-order chi connectivity index (χ1) is 12.1. The molecule has 0 N–H and O–H groups in total. The molecule has 0 aromatic heterocycles. The van der Waals surface area contributed by atoms with E-state index in [1.165, 1.54) is 16.0 Å². The summed E-state index contributed by atoms with van der Waals surface area (Å²) >= 11 is 5.90. The van der Waals surface area contributed by atoms with Gasteiger partial charge in [0, 0.05) is 18.1 Å². The standard InChI is InChI=1S/C20H19ClN2O2/c21-17-7-5-14(6-8-17)12-23-19(24)11-18(20(23)25)22-10-9-15-3-1-2-4-16(15)13-22/h1-8,18H,9-13H2/t18-/m0/s1. The molecule has 0 bridgehead atoms. The Morgan fingerprint density at radius 1 is 1.00 bits per heavy atom. The molecule has 25 heavy (non-hydrogen) atoms. The van der Waals surface area contributed by atoms with Crippen molar-refractivity contribution in [3.05, 3.63) is 70.2 Å². The van der Waals surface area contributed by atoms with Crippen LogP contribution in [0.5, 0.6) is 0 Å². The van der Waals surface area contributed by atoms with Crippen molar-refractivity contribution in [3.63, 3.8) is 0 Å². The van der Waals surface area contributed by atoms with Crippen LogP contribution < -0.4 is 0 Å². The van der Waals surface area contributed by atoms with E-state index in [9.17, 15) is 9.59 Å². The molecule has 2 heterocycles. The monoisotopic (exact) mass is 354 g/mol. The summed E-state index contributed by atoms with van der Waals surface area (Å²) in [5.74, 6) is -0.178. The third-order valence-corrected chi connectivity index (χ3v) is 5.33. The van der Waals surface area contributed by atoms with Crippen molar-refractivity contribution in [2.45, 2.75) is 32.0 Å². The van der Waals surface area contributed by atoms with Crippen LogP contribution in [0, 0.1) is 0 Å². The fourth-order valence-electron chi connectivity index (χ4n) is 3.67. The number of imide groups is 1. The predicted octanol–water partition coefficient (Wildman–Crippen LogP) is 3.03. The normalized spacial score (nSPS) is 20.8. The molecule has 2 aromatic rings. The number of hydrogen-bond donors (Lipinski definition) is 0. The highest BCUT2D eigenvalue weighted by molar-refractivity contribution is 6.30. The van der Waals surface area contributed by atoms with Crippen LogP contribution in [0.2, 0.25) is 5.02 Å². The molecule has 2 aliphatic heterocycles. The lowest BCUT2D eigenvalue weighted by molar-refractivity contribution is -0.140. The quantitative estimate of drug-likeness (QED) is 0.795. The van der Waals surface area contributed by atoms with Crippen molar-refractivity contribution >= 4 is 23.4 Å². The second-order valence-corrected chi connectivity index (χ2v) is 7.09. The first kappa shape index (κ1) is 16.3. The zero-order valence-corrected chi connectivity index (χ0v) is 14.6. The molecule has 4 rings (SSSR count). The Kier molecular flexibility index (Phi) is 4.32. The topological polar surface area (TPSA) is 40.6 Å². The maximum absolute atomic E-state index is 12.8. The number of rotatable bonds is 3. The van der Waals surface area contributed by atoms with Gasteiger partial charge < -0.3 is 0 Å². The van der Waals surface area contributed by atoms with E-state index >= 15 is 0 Å². The third-order valence-electron chi connectivity index (χ3n) is 5.08. The minimum Gasteiger partial charge on any atom is -0.287 e. The van der Waals surface area contributed by atoms with Gasteiger partial charge in [0.25, 0.3) is 0 Å². The average molecular weight is 355 g/mol. The molecule has 5 heteroatoms. The van der Waals surface area contributed by atoms with Gasteiger partial charge in [0.15, 0.2) is 0 Å². The van der Waals surface area contributed by atoms with Crippen LogP contribution in [0.4, 0.5) is 0 Å². The van der Waals surface area contributed by atoms with Crippen LogP contribution in [0.25, 0.3) is 0 Å². The highest BCUT2D eigenvalue weighted by Gasteiger charge is 2.42. The summed E-state index contributed by atoms with van der Waals surface area (Å²) in [5, 5.41) is 0.646. The molecule has 2 aliphatic rings. The van der Waals surface area contributed by atoms with Gasteiger partial charge in [0.1, 0.15) is 0 Å². The molecule has 0 aliphatic carbocycles. The van der Waals surface area contributed by atoms with Crippen LogP contribution in [0.15, 0.2) is 48.5 Å². The summed E-state index contributed by atoms with van der Waals surface area (Å²) in [4.78, 5) is 28.8. The molecule has 1 saturated heterocycles. The van der Waals surface area contributed by atoms with Crippen molar-refractivity contribution in [2.24, 2.45) is 0 Å². The lowest BCUT2D eigenvalue weighted by atomic mass is 9.98. The van der Waals surface area contributed by atoms with Crippen LogP contribution in [0.1, 0.15) is 23.1 Å². The molecule has 0 spiro atoms. The molecule has 2 aromatic carbocycles. The molecule has 1 fully saturated rings. The SMILES string of the molecule is O=C1C[C@H](N2CCc3ccccc3C2)C(=O)N1Cc1ccc(Cl)cc1. The lowest BCUT2D eigenvalue weighted by Crippen LogP contribution is -2.44. The summed E-state index contributed by atoms with van der Waals surface area (Å²) < 4.78 is 0. The van der Waals surface area contributed by atoms with Gasteiger partial charge in [-0.2, -0.15) is 0 Å². The minimum atomic E-state index is -0.340. The number of hydrogen-bond acceptors (Lipinski definition) is 3. The van der Waals surface area contributed by atoms with Gasteiger partial charge >= 0.3 is 0 Å². The predicted molar refractivity (Wildman–Crippen MR) is 96.0 cm³/mol. The van der Waals surface area contributed by atoms with Crippen molar-refractivity contribution in [2.75, 3.05) is 6.54 Å². The van der Waals surface area contributed by atoms with E-state index in [1.54, 1.807) is 12.1 Å². The van der Waals surface area contributed by atoms with Crippen molar-refractivity contribution in [1.82, 2.24) is 9.80 Å². The smallest absolute Gasteiger partial charge is 0.247 e. The first-order valence-electron chi connectivity index (χ1n) is 8.51. The van der Waals surface area contributed by atoms with Crippen molar-refractivity contribution < 1.29 is 9.59 Å². The Morgan fingerprint density at radius 3 is 2.48 bits per heavy atom. The van der Waals surface area contributed by atoms with E-state index in [4.69, 9.17) is 11.6 Å². The maximum Gasteiger partial charge on any atom is 0.247 e. The van der Waals surface area contributed by atoms with Crippen LogP contribution in [-0.4, -0.2) is 34.2 Å². The van der Waals surface area contributed by atoms with E-state index in [1.807, 2.05) is 24.3 Å². The number of amides is 2. The van der Waals surface area contributed by atoms with E-state index in [-0.39, 0.29) is 24.3 Å². The molecular weight excluding hydrogens is 336 g/mol. The summed E-state index contributed by atoms with van der Waals surface area (Å²) in [5.41, 5.74) is 3.51. The Morgan fingerprint density at radius 2 is 1.72 bits per heavy atom. The molecule has 0 unspecified atom stereocenters. The largest absolute Gasteiger partial charge is 0.287 e. The molecule has 0 saturated carbocycles. The van der Waals surface area contributed by atoms with Crippen molar-refractivity contribution in [1.29, 1.82) is 0 Å². The van der Waals surface area contributed by atoms with E-state index in [0.29, 0.717) is 11.6 Å². The van der Waals surface area contributed by atoms with E-state index in [0.717, 1.165) is 25.1 Å². The number of likely N-dealkylation sites (tertiary alicyclic amines) is 1. The van der Waals surface area contributed by atoms with Gasteiger partial charge in [-0.1, -0.05) is 48.0 Å².